The standard InChI is InChI=1S/C18H21N5O2S/c1-12-2-3-15-13(10-12)21-18(25-15)23-8-6-22(7-9-23)17(24)14-11-26-16(20-14)4-5-19/h2-3,10-11H,4-9,19H2,1H3. The average molecular weight is 371 g/mol. The second-order valence-electron chi connectivity index (χ2n) is 6.41. The van der Waals surface area contributed by atoms with Crippen molar-refractivity contribution in [2.75, 3.05) is 37.6 Å². The van der Waals surface area contributed by atoms with Gasteiger partial charge in [-0.05, 0) is 31.2 Å². The third-order valence-electron chi connectivity index (χ3n) is 4.50. The van der Waals surface area contributed by atoms with Crippen molar-refractivity contribution in [3.05, 3.63) is 39.8 Å². The maximum absolute atomic E-state index is 12.6. The maximum atomic E-state index is 12.6. The third kappa shape index (κ3) is 3.30. The molecular weight excluding hydrogens is 350 g/mol. The zero-order valence-corrected chi connectivity index (χ0v) is 15.5. The fourth-order valence-corrected chi connectivity index (χ4v) is 3.86. The Labute approximate surface area is 155 Å². The van der Waals surface area contributed by atoms with Gasteiger partial charge in [0.1, 0.15) is 11.2 Å². The minimum atomic E-state index is -0.0163. The predicted octanol–water partition coefficient (Wildman–Crippen LogP) is 2.06. The largest absolute Gasteiger partial charge is 0.423 e. The van der Waals surface area contributed by atoms with Gasteiger partial charge in [-0.25, -0.2) is 4.98 Å². The Bertz CT molecular complexity index is 927. The van der Waals surface area contributed by atoms with Crippen LogP contribution in [0.25, 0.3) is 11.1 Å². The fourth-order valence-electron chi connectivity index (χ4n) is 3.07. The summed E-state index contributed by atoms with van der Waals surface area (Å²) >= 11 is 1.49. The molecule has 0 bridgehead atoms. The lowest BCUT2D eigenvalue weighted by atomic mass is 10.2. The van der Waals surface area contributed by atoms with E-state index in [2.05, 4.69) is 14.9 Å². The third-order valence-corrected chi connectivity index (χ3v) is 5.41. The van der Waals surface area contributed by atoms with E-state index in [-0.39, 0.29) is 5.91 Å². The van der Waals surface area contributed by atoms with Gasteiger partial charge in [0.2, 0.25) is 0 Å². The lowest BCUT2D eigenvalue weighted by Crippen LogP contribution is -2.49. The first-order chi connectivity index (χ1) is 12.6. The number of hydrogen-bond acceptors (Lipinski definition) is 7. The molecule has 2 N–H and O–H groups in total. The Balaban J connectivity index is 1.41. The van der Waals surface area contributed by atoms with E-state index in [1.165, 1.54) is 11.3 Å². The van der Waals surface area contributed by atoms with Gasteiger partial charge in [0, 0.05) is 38.0 Å². The number of anilines is 1. The van der Waals surface area contributed by atoms with Crippen molar-refractivity contribution >= 4 is 34.4 Å². The summed E-state index contributed by atoms with van der Waals surface area (Å²) in [7, 11) is 0. The number of carbonyl (C=O) groups is 1. The lowest BCUT2D eigenvalue weighted by Gasteiger charge is -2.33. The molecule has 7 nitrogen and oxygen atoms in total. The summed E-state index contributed by atoms with van der Waals surface area (Å²) in [4.78, 5) is 25.5. The van der Waals surface area contributed by atoms with Crippen molar-refractivity contribution in [1.29, 1.82) is 0 Å². The number of benzene rings is 1. The van der Waals surface area contributed by atoms with E-state index in [4.69, 9.17) is 10.2 Å². The van der Waals surface area contributed by atoms with Crippen molar-refractivity contribution in [2.45, 2.75) is 13.3 Å². The molecule has 0 atom stereocenters. The number of fused-ring (bicyclic) bond motifs is 1. The van der Waals surface area contributed by atoms with Gasteiger partial charge >= 0.3 is 0 Å². The maximum Gasteiger partial charge on any atom is 0.298 e. The van der Waals surface area contributed by atoms with E-state index < -0.39 is 0 Å². The summed E-state index contributed by atoms with van der Waals surface area (Å²) < 4.78 is 5.86. The molecule has 3 aromatic rings. The molecule has 3 heterocycles. The van der Waals surface area contributed by atoms with Crippen LogP contribution >= 0.6 is 11.3 Å². The summed E-state index contributed by atoms with van der Waals surface area (Å²) in [5.41, 5.74) is 8.88. The Morgan fingerprint density at radius 3 is 2.85 bits per heavy atom. The van der Waals surface area contributed by atoms with Gasteiger partial charge in [-0.15, -0.1) is 11.3 Å². The van der Waals surface area contributed by atoms with Gasteiger partial charge in [0.05, 0.1) is 5.01 Å². The Morgan fingerprint density at radius 2 is 2.08 bits per heavy atom. The number of hydrogen-bond donors (Lipinski definition) is 1. The first kappa shape index (κ1) is 17.0. The van der Waals surface area contributed by atoms with E-state index in [0.29, 0.717) is 50.9 Å². The van der Waals surface area contributed by atoms with Crippen molar-refractivity contribution < 1.29 is 9.21 Å². The quantitative estimate of drug-likeness (QED) is 0.755. The molecule has 1 aliphatic heterocycles. The second-order valence-corrected chi connectivity index (χ2v) is 7.35. The molecule has 0 spiro atoms. The normalized spacial score (nSPS) is 15.0. The highest BCUT2D eigenvalue weighted by Crippen LogP contribution is 2.24. The SMILES string of the molecule is Cc1ccc2oc(N3CCN(C(=O)c4csc(CCN)n4)CC3)nc2c1. The number of aryl methyl sites for hydroxylation is 1. The summed E-state index contributed by atoms with van der Waals surface area (Å²) in [5, 5.41) is 2.74. The Kier molecular flexibility index (Phi) is 4.60. The van der Waals surface area contributed by atoms with Gasteiger partial charge in [0.15, 0.2) is 5.58 Å². The highest BCUT2D eigenvalue weighted by atomic mass is 32.1. The summed E-state index contributed by atoms with van der Waals surface area (Å²) in [6, 6.07) is 6.60. The van der Waals surface area contributed by atoms with Crippen LogP contribution < -0.4 is 10.6 Å². The molecule has 1 saturated heterocycles. The molecule has 2 aromatic heterocycles. The summed E-state index contributed by atoms with van der Waals surface area (Å²) in [6.07, 6.45) is 0.711. The summed E-state index contributed by atoms with van der Waals surface area (Å²) in [6.45, 7) is 5.22. The smallest absolute Gasteiger partial charge is 0.298 e. The van der Waals surface area contributed by atoms with Crippen molar-refractivity contribution in [2.24, 2.45) is 5.73 Å². The van der Waals surface area contributed by atoms with Crippen molar-refractivity contribution in [3.63, 3.8) is 0 Å². The second kappa shape index (κ2) is 7.05. The molecule has 8 heteroatoms. The molecule has 26 heavy (non-hydrogen) atoms. The minimum Gasteiger partial charge on any atom is -0.423 e. The first-order valence-corrected chi connectivity index (χ1v) is 9.58. The number of carbonyl (C=O) groups excluding carboxylic acids is 1. The van der Waals surface area contributed by atoms with Crippen LogP contribution in [0.3, 0.4) is 0 Å². The molecular formula is C18H21N5O2S. The molecule has 1 aromatic carbocycles. The van der Waals surface area contributed by atoms with Gasteiger partial charge in [-0.1, -0.05) is 6.07 Å². The van der Waals surface area contributed by atoms with Crippen LogP contribution in [0.4, 0.5) is 6.01 Å². The van der Waals surface area contributed by atoms with Gasteiger partial charge in [-0.3, -0.25) is 4.79 Å². The molecule has 0 aliphatic carbocycles. The first-order valence-electron chi connectivity index (χ1n) is 8.70. The number of rotatable bonds is 4. The van der Waals surface area contributed by atoms with Crippen LogP contribution in [-0.2, 0) is 6.42 Å². The molecule has 1 aliphatic rings. The van der Waals surface area contributed by atoms with Gasteiger partial charge in [-0.2, -0.15) is 4.98 Å². The van der Waals surface area contributed by atoms with Gasteiger partial charge in [0.25, 0.3) is 11.9 Å². The van der Waals surface area contributed by atoms with Crippen LogP contribution in [0, 0.1) is 6.92 Å². The van der Waals surface area contributed by atoms with Crippen LogP contribution in [0.15, 0.2) is 28.0 Å². The molecule has 136 valence electrons. The molecule has 1 fully saturated rings. The highest BCUT2D eigenvalue weighted by Gasteiger charge is 2.26. The van der Waals surface area contributed by atoms with Crippen LogP contribution in [0.1, 0.15) is 21.1 Å². The van der Waals surface area contributed by atoms with Crippen molar-refractivity contribution in [1.82, 2.24) is 14.9 Å². The number of amides is 1. The van der Waals surface area contributed by atoms with E-state index >= 15 is 0 Å². The number of nitrogens with zero attached hydrogens (tertiary/aromatic N) is 4. The van der Waals surface area contributed by atoms with E-state index in [0.717, 1.165) is 21.7 Å². The monoisotopic (exact) mass is 371 g/mol. The number of aromatic nitrogens is 2. The molecule has 1 amide bonds. The van der Waals surface area contributed by atoms with E-state index in [1.807, 2.05) is 35.4 Å². The predicted molar refractivity (Wildman–Crippen MR) is 102 cm³/mol. The summed E-state index contributed by atoms with van der Waals surface area (Å²) in [5.74, 6) is -0.0163. The molecule has 4 rings (SSSR count). The van der Waals surface area contributed by atoms with Crippen LogP contribution in [0.2, 0.25) is 0 Å². The van der Waals surface area contributed by atoms with E-state index in [9.17, 15) is 4.79 Å². The fraction of sp³-hybridized carbons (Fsp3) is 0.389. The van der Waals surface area contributed by atoms with E-state index in [1.54, 1.807) is 0 Å². The molecule has 0 saturated carbocycles. The number of thiazole rings is 1. The molecule has 0 radical (unpaired) electrons. The Hall–Kier alpha value is -2.45. The van der Waals surface area contributed by atoms with Crippen LogP contribution in [-0.4, -0.2) is 53.5 Å². The number of oxazole rings is 1. The average Bonchev–Trinajstić information content (AvgIpc) is 3.28. The highest BCUT2D eigenvalue weighted by molar-refractivity contribution is 7.09. The lowest BCUT2D eigenvalue weighted by molar-refractivity contribution is 0.0739. The number of nitrogens with two attached hydrogens (primary N) is 1. The molecule has 0 unspecified atom stereocenters. The minimum absolute atomic E-state index is 0.0163. The number of piperazine rings is 1. The van der Waals surface area contributed by atoms with Gasteiger partial charge < -0.3 is 20.0 Å². The zero-order chi connectivity index (χ0) is 18.1. The van der Waals surface area contributed by atoms with Crippen LogP contribution in [0.5, 0.6) is 0 Å². The Morgan fingerprint density at radius 1 is 1.27 bits per heavy atom. The van der Waals surface area contributed by atoms with Crippen molar-refractivity contribution in [3.8, 4) is 0 Å². The topological polar surface area (TPSA) is 88.5 Å². The zero-order valence-electron chi connectivity index (χ0n) is 14.6.